The summed E-state index contributed by atoms with van der Waals surface area (Å²) in [7, 11) is 0. The molecule has 1 heteroatoms. The molecular weight excluding hydrogens is 544 g/mol. The summed E-state index contributed by atoms with van der Waals surface area (Å²) in [5.41, 5.74) is 0.376. The van der Waals surface area contributed by atoms with E-state index < -0.39 is 147 Å². The van der Waals surface area contributed by atoms with E-state index in [1.807, 2.05) is 42.5 Å². The fourth-order valence-electron chi connectivity index (χ4n) is 5.91. The largest absolute Gasteiger partial charge is 0.455 e. The van der Waals surface area contributed by atoms with Gasteiger partial charge >= 0.3 is 0 Å². The van der Waals surface area contributed by atoms with Crippen LogP contribution in [0.3, 0.4) is 0 Å². The summed E-state index contributed by atoms with van der Waals surface area (Å²) in [6.45, 7) is 0. The molecule has 0 atom stereocenters. The van der Waals surface area contributed by atoms with Gasteiger partial charge in [-0.25, -0.2) is 0 Å². The first kappa shape index (κ1) is 13.8. The van der Waals surface area contributed by atoms with Gasteiger partial charge in [0.15, 0.2) is 0 Å². The average Bonchev–Trinajstić information content (AvgIpc) is 3.65. The SMILES string of the molecule is [2H]c1c([2H])c([2H])c(-c2c3c([2H])c([2H])c([2H])c([2H])c3c(-c3c([2H])c([2H])c([2H])c(-c4cccc5c4oc4ccc(-c6ccccc6)cc45)c3[2H])c3c([2H])c([2H])c([2H])c([2H])c23)c([2H])c1[2H]. The molecule has 0 bridgehead atoms. The normalized spacial score (nSPS) is 16.8. The molecular formula is C44H28O. The lowest BCUT2D eigenvalue weighted by Crippen LogP contribution is -1.91. The van der Waals surface area contributed by atoms with Crippen molar-refractivity contribution in [2.75, 3.05) is 0 Å². The Kier molecular flexibility index (Phi) is 3.18. The number of furan rings is 1. The van der Waals surface area contributed by atoms with Crippen molar-refractivity contribution < 1.29 is 27.7 Å². The minimum absolute atomic E-state index is 0.165. The summed E-state index contributed by atoms with van der Waals surface area (Å²) >= 11 is 0. The molecule has 9 aromatic rings. The maximum absolute atomic E-state index is 9.83. The number of para-hydroxylation sites is 1. The van der Waals surface area contributed by atoms with Crippen LogP contribution in [0.5, 0.6) is 0 Å². The zero-order chi connectivity index (χ0) is 44.5. The first-order valence-electron chi connectivity index (χ1n) is 22.6. The fourth-order valence-corrected chi connectivity index (χ4v) is 5.91. The van der Waals surface area contributed by atoms with Crippen molar-refractivity contribution in [2.24, 2.45) is 0 Å². The monoisotopic (exact) mass is 589 g/mol. The van der Waals surface area contributed by atoms with Crippen LogP contribution in [-0.2, 0) is 0 Å². The number of benzene rings is 8. The smallest absolute Gasteiger partial charge is 0.143 e. The highest BCUT2D eigenvalue weighted by Crippen LogP contribution is 2.45. The van der Waals surface area contributed by atoms with Gasteiger partial charge in [0.05, 0.1) is 23.3 Å². The molecule has 210 valence electrons. The molecule has 0 radical (unpaired) electrons. The van der Waals surface area contributed by atoms with Crippen LogP contribution in [0.1, 0.15) is 23.3 Å². The van der Waals surface area contributed by atoms with E-state index in [-0.39, 0.29) is 16.7 Å². The Labute approximate surface area is 285 Å². The van der Waals surface area contributed by atoms with Gasteiger partial charge in [-0.05, 0) is 78.7 Å². The molecule has 0 aliphatic heterocycles. The second kappa shape index (κ2) is 10.4. The standard InChI is InChI=1S/C44H28O/c1-3-13-29(14-4-1)31-25-26-41-40(28-31)39-24-12-23-34(44(39)45-41)32-17-11-18-33(27-32)43-37-21-9-7-19-35(37)42(30-15-5-2-6-16-30)36-20-8-10-22-38(36)43/h1-28H/i2D,5D,6D,7D,8D,9D,10D,11D,15D,16D,17D,18D,19D,20D,21D,22D,27D. The van der Waals surface area contributed by atoms with Crippen molar-refractivity contribution in [1.82, 2.24) is 0 Å². The second-order valence-electron chi connectivity index (χ2n) is 10.4. The molecule has 8 aromatic carbocycles. The molecule has 1 heterocycles. The third-order valence-electron chi connectivity index (χ3n) is 7.87. The van der Waals surface area contributed by atoms with Crippen LogP contribution in [0.25, 0.3) is 88.0 Å². The number of rotatable bonds is 4. The van der Waals surface area contributed by atoms with Crippen molar-refractivity contribution in [3.63, 3.8) is 0 Å². The Balaban J connectivity index is 1.50. The van der Waals surface area contributed by atoms with Crippen LogP contribution in [-0.4, -0.2) is 0 Å². The van der Waals surface area contributed by atoms with Gasteiger partial charge in [0.1, 0.15) is 11.2 Å². The zero-order valence-corrected chi connectivity index (χ0v) is 23.3. The molecule has 0 fully saturated rings. The Morgan fingerprint density at radius 1 is 0.400 bits per heavy atom. The molecule has 0 unspecified atom stereocenters. The Morgan fingerprint density at radius 2 is 1.02 bits per heavy atom. The lowest BCUT2D eigenvalue weighted by atomic mass is 9.85. The molecule has 0 amide bonds. The fraction of sp³-hybridized carbons (Fsp3) is 0. The van der Waals surface area contributed by atoms with Gasteiger partial charge in [-0.15, -0.1) is 0 Å². The van der Waals surface area contributed by atoms with Gasteiger partial charge in [0, 0.05) is 16.3 Å². The highest BCUT2D eigenvalue weighted by Gasteiger charge is 2.18. The Hall–Kier alpha value is -5.92. The van der Waals surface area contributed by atoms with Crippen LogP contribution in [0, 0.1) is 0 Å². The van der Waals surface area contributed by atoms with Crippen molar-refractivity contribution in [3.8, 4) is 44.5 Å². The van der Waals surface area contributed by atoms with Crippen LogP contribution in [0.2, 0.25) is 0 Å². The van der Waals surface area contributed by atoms with Crippen molar-refractivity contribution >= 4 is 43.5 Å². The first-order chi connectivity index (χ1) is 29.4. The molecule has 45 heavy (non-hydrogen) atoms. The highest BCUT2D eigenvalue weighted by atomic mass is 16.3. The van der Waals surface area contributed by atoms with E-state index in [1.165, 1.54) is 0 Å². The summed E-state index contributed by atoms with van der Waals surface area (Å²) in [5, 5.41) is -0.738. The van der Waals surface area contributed by atoms with E-state index in [0.717, 1.165) is 11.1 Å². The predicted octanol–water partition coefficient (Wildman–Crippen LogP) is 12.6. The number of hydrogen-bond acceptors (Lipinski definition) is 1. The summed E-state index contributed by atoms with van der Waals surface area (Å²) in [6, 6.07) is 7.07. The van der Waals surface area contributed by atoms with Gasteiger partial charge in [0.25, 0.3) is 0 Å². The summed E-state index contributed by atoms with van der Waals surface area (Å²) in [4.78, 5) is 0. The molecule has 0 aliphatic rings. The Bertz CT molecular complexity index is 3380. The van der Waals surface area contributed by atoms with Crippen molar-refractivity contribution in [2.45, 2.75) is 0 Å². The molecule has 0 saturated heterocycles. The number of hydrogen-bond donors (Lipinski definition) is 0. The van der Waals surface area contributed by atoms with E-state index >= 15 is 0 Å². The lowest BCUT2D eigenvalue weighted by Gasteiger charge is -2.18. The van der Waals surface area contributed by atoms with Gasteiger partial charge < -0.3 is 4.42 Å². The third kappa shape index (κ3) is 4.17. The summed E-state index contributed by atoms with van der Waals surface area (Å²) in [6.07, 6.45) is 0. The van der Waals surface area contributed by atoms with Crippen LogP contribution in [0.15, 0.2) is 174 Å². The Morgan fingerprint density at radius 3 is 1.73 bits per heavy atom. The second-order valence-corrected chi connectivity index (χ2v) is 10.4. The van der Waals surface area contributed by atoms with E-state index in [2.05, 4.69) is 0 Å². The molecule has 1 aromatic heterocycles. The maximum Gasteiger partial charge on any atom is 0.143 e. The van der Waals surface area contributed by atoms with E-state index in [0.29, 0.717) is 16.4 Å². The number of fused-ring (bicyclic) bond motifs is 5. The van der Waals surface area contributed by atoms with E-state index in [9.17, 15) is 9.60 Å². The van der Waals surface area contributed by atoms with Gasteiger partial charge in [0.2, 0.25) is 0 Å². The van der Waals surface area contributed by atoms with Crippen LogP contribution in [0.4, 0.5) is 0 Å². The first-order valence-corrected chi connectivity index (χ1v) is 14.1. The predicted molar refractivity (Wildman–Crippen MR) is 190 cm³/mol. The lowest BCUT2D eigenvalue weighted by molar-refractivity contribution is 0.670. The minimum atomic E-state index is -0.824. The zero-order valence-electron chi connectivity index (χ0n) is 40.3. The van der Waals surface area contributed by atoms with Gasteiger partial charge in [-0.3, -0.25) is 0 Å². The van der Waals surface area contributed by atoms with Crippen molar-refractivity contribution in [1.29, 1.82) is 0 Å². The molecule has 0 N–H and O–H groups in total. The van der Waals surface area contributed by atoms with Crippen LogP contribution < -0.4 is 0 Å². The van der Waals surface area contributed by atoms with Crippen LogP contribution >= 0.6 is 0 Å². The average molecular weight is 590 g/mol. The summed E-state index contributed by atoms with van der Waals surface area (Å²) in [5.74, 6) is 0. The highest BCUT2D eigenvalue weighted by molar-refractivity contribution is 6.21. The molecule has 0 spiro atoms. The molecule has 0 saturated carbocycles. The van der Waals surface area contributed by atoms with Gasteiger partial charge in [-0.2, -0.15) is 0 Å². The van der Waals surface area contributed by atoms with E-state index in [1.54, 1.807) is 24.3 Å². The van der Waals surface area contributed by atoms with Crippen molar-refractivity contribution in [3.05, 3.63) is 169 Å². The maximum atomic E-state index is 9.83. The summed E-state index contributed by atoms with van der Waals surface area (Å²) < 4.78 is 159. The molecule has 1 nitrogen and oxygen atoms in total. The quantitative estimate of drug-likeness (QED) is 0.186. The third-order valence-corrected chi connectivity index (χ3v) is 7.87. The molecule has 9 rings (SSSR count). The minimum Gasteiger partial charge on any atom is -0.455 e. The van der Waals surface area contributed by atoms with E-state index in [4.69, 9.17) is 18.1 Å². The topological polar surface area (TPSA) is 13.1 Å². The molecule has 0 aliphatic carbocycles. The van der Waals surface area contributed by atoms with Gasteiger partial charge in [-0.1, -0.05) is 151 Å².